The van der Waals surface area contributed by atoms with Crippen molar-refractivity contribution in [1.29, 1.82) is 0 Å². The maximum absolute atomic E-state index is 13.3. The topological polar surface area (TPSA) is 36.5 Å². The monoisotopic (exact) mass is 1120 g/mol. The molecule has 7 nitrogen and oxygen atoms in total. The average molecular weight is 1130 g/mol. The van der Waals surface area contributed by atoms with Crippen LogP contribution in [0.1, 0.15) is 76.7 Å². The number of ketones is 1. The standard InChI is InChI=1S/C22H28N2OSi.C22H30N2Si.C17H20Br2N2/c1-23(2)16-8-10-18-20(14-16)26(12-6-5-7-13-26)21-15-17(24(3)4)9-11-19(21)22(18)25;1-23(2)19-10-8-17-14-18-9-11-20(24(3)4)16-22(18)25(21(17)15-19)12-6-5-7-13-25;1-20(2)14-7-5-12(16(18)10-14)9-13-6-8-15(21(3)4)11-17(13)19/h8-11,14-15H,5-7,12-13H2,1-4H3;8-11,15-16H,5-7,12-14H2,1-4H3;5-8,10-11H,9H2,1-4H3. The zero-order valence-corrected chi connectivity index (χ0v) is 50.4. The van der Waals surface area contributed by atoms with E-state index < -0.39 is 16.1 Å². The van der Waals surface area contributed by atoms with Gasteiger partial charge in [-0.3, -0.25) is 4.79 Å². The maximum Gasteiger partial charge on any atom is 0.192 e. The number of fused-ring (bicyclic) bond motifs is 8. The molecule has 0 bridgehead atoms. The van der Waals surface area contributed by atoms with Crippen molar-refractivity contribution in [1.82, 2.24) is 0 Å². The van der Waals surface area contributed by atoms with Crippen LogP contribution in [0.25, 0.3) is 0 Å². The minimum absolute atomic E-state index is 0.217. The Hall–Kier alpha value is -4.82. The number of benzene rings is 6. The van der Waals surface area contributed by atoms with E-state index in [1.54, 1.807) is 21.5 Å². The Labute approximate surface area is 451 Å². The van der Waals surface area contributed by atoms with Gasteiger partial charge in [-0.05, 0) is 165 Å². The summed E-state index contributed by atoms with van der Waals surface area (Å²) in [4.78, 5) is 26.3. The van der Waals surface area contributed by atoms with Gasteiger partial charge in [-0.15, -0.1) is 0 Å². The molecule has 4 heterocycles. The fourth-order valence-electron chi connectivity index (χ4n) is 11.8. The molecule has 0 radical (unpaired) electrons. The van der Waals surface area contributed by atoms with Crippen LogP contribution in [-0.2, 0) is 12.8 Å². The number of carbonyl (C=O) groups excluding carboxylic acids is 1. The highest BCUT2D eigenvalue weighted by molar-refractivity contribution is 9.10. The molecule has 10 rings (SSSR count). The number of anilines is 6. The first-order chi connectivity index (χ1) is 34.3. The Kier molecular flexibility index (Phi) is 16.6. The number of halogens is 2. The molecule has 2 saturated heterocycles. The summed E-state index contributed by atoms with van der Waals surface area (Å²) in [5, 5.41) is 6.25. The van der Waals surface area contributed by atoms with Crippen molar-refractivity contribution in [3.05, 3.63) is 152 Å². The molecule has 0 atom stereocenters. The number of rotatable bonds is 8. The lowest BCUT2D eigenvalue weighted by Gasteiger charge is -2.43. The highest BCUT2D eigenvalue weighted by Gasteiger charge is 2.47. The Bertz CT molecular complexity index is 2740. The molecule has 72 heavy (non-hydrogen) atoms. The molecule has 0 N–H and O–H groups in total. The van der Waals surface area contributed by atoms with Crippen LogP contribution in [0.2, 0.25) is 24.2 Å². The summed E-state index contributed by atoms with van der Waals surface area (Å²) in [6.45, 7) is 0. The Morgan fingerprint density at radius 1 is 0.375 bits per heavy atom. The summed E-state index contributed by atoms with van der Waals surface area (Å²) < 4.78 is 2.30. The second-order valence-electron chi connectivity index (χ2n) is 22.0. The van der Waals surface area contributed by atoms with Gasteiger partial charge in [0.05, 0.1) is 0 Å². The summed E-state index contributed by atoms with van der Waals surface area (Å²) in [6.07, 6.45) is 10.2. The highest BCUT2D eigenvalue weighted by Crippen LogP contribution is 2.38. The number of hydrogen-bond acceptors (Lipinski definition) is 7. The van der Waals surface area contributed by atoms with Gasteiger partial charge in [-0.2, -0.15) is 0 Å². The van der Waals surface area contributed by atoms with Gasteiger partial charge in [0.2, 0.25) is 0 Å². The van der Waals surface area contributed by atoms with Crippen molar-refractivity contribution in [2.75, 3.05) is 114 Å². The molecule has 11 heteroatoms. The van der Waals surface area contributed by atoms with Crippen LogP contribution in [0.4, 0.5) is 34.1 Å². The maximum atomic E-state index is 13.3. The molecule has 0 amide bonds. The van der Waals surface area contributed by atoms with Crippen LogP contribution < -0.4 is 50.1 Å². The second kappa shape index (κ2) is 22.3. The first kappa shape index (κ1) is 53.5. The lowest BCUT2D eigenvalue weighted by atomic mass is 10.0. The van der Waals surface area contributed by atoms with Gasteiger partial charge in [-0.1, -0.05) is 94.7 Å². The largest absolute Gasteiger partial charge is 0.378 e. The first-order valence-corrected chi connectivity index (χ1v) is 32.5. The molecule has 6 aromatic carbocycles. The molecule has 4 aliphatic rings. The van der Waals surface area contributed by atoms with E-state index >= 15 is 0 Å². The third-order valence-corrected chi connectivity index (χ3v) is 28.3. The van der Waals surface area contributed by atoms with Gasteiger partial charge in [0.25, 0.3) is 0 Å². The molecular weight excluding hydrogens is 1050 g/mol. The van der Waals surface area contributed by atoms with Crippen LogP contribution >= 0.6 is 31.9 Å². The van der Waals surface area contributed by atoms with E-state index in [9.17, 15) is 4.79 Å². The van der Waals surface area contributed by atoms with E-state index in [0.29, 0.717) is 0 Å². The van der Waals surface area contributed by atoms with Gasteiger partial charge < -0.3 is 29.4 Å². The SMILES string of the molecule is CN(C)c1ccc(Cc2ccc(N(C)C)cc2Br)c(Br)c1.CN(C)c1ccc2c(c1)[Si]1(CCCCC1)c1cc(N(C)C)ccc1C2.CN(C)c1ccc2c(c1)[Si]1(CCCCC1)c1cc(N(C)C)ccc1C2=O. The molecule has 6 aromatic rings. The molecule has 2 spiro atoms. The van der Waals surface area contributed by atoms with Crippen molar-refractivity contribution < 1.29 is 4.79 Å². The third-order valence-electron chi connectivity index (χ3n) is 16.1. The minimum Gasteiger partial charge on any atom is -0.378 e. The summed E-state index contributed by atoms with van der Waals surface area (Å²) >= 11 is 7.37. The molecular formula is C61H78Br2N6OSi2. The predicted octanol–water partition coefficient (Wildman–Crippen LogP) is 11.5. The van der Waals surface area contributed by atoms with Crippen LogP contribution in [0.3, 0.4) is 0 Å². The minimum atomic E-state index is -1.88. The van der Waals surface area contributed by atoms with Gasteiger partial charge >= 0.3 is 0 Å². The van der Waals surface area contributed by atoms with Gasteiger partial charge in [0.1, 0.15) is 16.1 Å². The molecule has 0 aliphatic carbocycles. The van der Waals surface area contributed by atoms with Crippen LogP contribution in [0.5, 0.6) is 0 Å². The number of carbonyl (C=O) groups is 1. The zero-order chi connectivity index (χ0) is 51.6. The summed E-state index contributed by atoms with van der Waals surface area (Å²) in [5.74, 6) is 0.217. The molecule has 0 saturated carbocycles. The van der Waals surface area contributed by atoms with Crippen molar-refractivity contribution in [2.24, 2.45) is 0 Å². The highest BCUT2D eigenvalue weighted by atomic mass is 79.9. The van der Waals surface area contributed by atoms with Gasteiger partial charge in [0.15, 0.2) is 5.78 Å². The van der Waals surface area contributed by atoms with Crippen molar-refractivity contribution in [2.45, 2.75) is 75.5 Å². The lowest BCUT2D eigenvalue weighted by molar-refractivity contribution is 0.104. The molecule has 4 aliphatic heterocycles. The smallest absolute Gasteiger partial charge is 0.192 e. The van der Waals surface area contributed by atoms with E-state index in [-0.39, 0.29) is 5.78 Å². The fourth-order valence-corrected chi connectivity index (χ4v) is 24.2. The Balaban J connectivity index is 0.000000145. The Morgan fingerprint density at radius 2 is 0.667 bits per heavy atom. The number of nitrogens with zero attached hydrogens (tertiary/aromatic N) is 6. The van der Waals surface area contributed by atoms with Gasteiger partial charge in [-0.25, -0.2) is 0 Å². The quantitative estimate of drug-likeness (QED) is 0.141. The summed E-state index contributed by atoms with van der Waals surface area (Å²) in [7, 11) is 21.7. The zero-order valence-electron chi connectivity index (χ0n) is 45.2. The van der Waals surface area contributed by atoms with Crippen LogP contribution in [-0.4, -0.2) is 107 Å². The molecule has 2 fully saturated rings. The third kappa shape index (κ3) is 10.9. The molecule has 0 aromatic heterocycles. The fraction of sp³-hybridized carbons (Fsp3) is 0.393. The van der Waals surface area contributed by atoms with Crippen molar-refractivity contribution in [3.63, 3.8) is 0 Å². The van der Waals surface area contributed by atoms with Crippen LogP contribution in [0.15, 0.2) is 118 Å². The van der Waals surface area contributed by atoms with Gasteiger partial charge in [0, 0.05) is 139 Å². The van der Waals surface area contributed by atoms with E-state index in [2.05, 4.69) is 255 Å². The van der Waals surface area contributed by atoms with E-state index in [4.69, 9.17) is 0 Å². The normalized spacial score (nSPS) is 15.6. The first-order valence-electron chi connectivity index (χ1n) is 26.0. The Morgan fingerprint density at radius 3 is 1.00 bits per heavy atom. The predicted molar refractivity (Wildman–Crippen MR) is 326 cm³/mol. The lowest BCUT2D eigenvalue weighted by Crippen LogP contribution is -2.64. The van der Waals surface area contributed by atoms with E-state index in [1.807, 2.05) is 0 Å². The summed E-state index contributed by atoms with van der Waals surface area (Å²) in [5.41, 5.74) is 15.3. The van der Waals surface area contributed by atoms with Crippen molar-refractivity contribution in [3.8, 4) is 0 Å². The average Bonchev–Trinajstić information content (AvgIpc) is 3.37. The molecule has 380 valence electrons. The van der Waals surface area contributed by atoms with Crippen LogP contribution in [0, 0.1) is 0 Å². The second-order valence-corrected chi connectivity index (χ2v) is 32.2. The van der Waals surface area contributed by atoms with E-state index in [1.165, 1.54) is 118 Å². The summed E-state index contributed by atoms with van der Waals surface area (Å²) in [6, 6.07) is 46.0. The molecule has 0 unspecified atom stereocenters. The van der Waals surface area contributed by atoms with Crippen molar-refractivity contribution >= 4 is 109 Å². The van der Waals surface area contributed by atoms with E-state index in [0.717, 1.165) is 32.9 Å². The number of hydrogen-bond donors (Lipinski definition) is 0.